The number of aryl methyl sites for hydroxylation is 1. The molecule has 3 aromatic rings. The maximum absolute atomic E-state index is 11.8. The smallest absolute Gasteiger partial charge is 0.349 e. The second kappa shape index (κ2) is 5.30. The van der Waals surface area contributed by atoms with E-state index >= 15 is 0 Å². The lowest BCUT2D eigenvalue weighted by Gasteiger charge is -2.04. The number of ether oxygens (including phenoxy) is 1. The van der Waals surface area contributed by atoms with Crippen molar-refractivity contribution in [3.05, 3.63) is 43.4 Å². The van der Waals surface area contributed by atoms with Gasteiger partial charge in [-0.25, -0.2) is 9.78 Å². The number of carboxylic acids is 1. The van der Waals surface area contributed by atoms with Gasteiger partial charge in [0.2, 0.25) is 0 Å². The van der Waals surface area contributed by atoms with E-state index in [9.17, 15) is 9.59 Å². The molecule has 0 saturated heterocycles. The van der Waals surface area contributed by atoms with Gasteiger partial charge in [-0.1, -0.05) is 0 Å². The maximum atomic E-state index is 11.8. The largest absolute Gasteiger partial charge is 0.484 e. The van der Waals surface area contributed by atoms with Crippen LogP contribution in [0.25, 0.3) is 10.2 Å². The molecule has 0 aliphatic heterocycles. The van der Waals surface area contributed by atoms with Crippen LogP contribution in [-0.4, -0.2) is 21.0 Å². The average Bonchev–Trinajstić information content (AvgIpc) is 3.02. The van der Waals surface area contributed by atoms with Gasteiger partial charge in [-0.2, -0.15) is 0 Å². The standard InChI is InChI=1S/C13H10N2O4S2/c1-6-4-8(11(21-6)13(17)18)19-5-9-14-7-2-3-20-10(7)12(16)15-9/h2-4H,5H2,1H3,(H,17,18)(H,14,15,16). The predicted molar refractivity (Wildman–Crippen MR) is 80.6 cm³/mol. The van der Waals surface area contributed by atoms with Crippen LogP contribution in [0, 0.1) is 6.92 Å². The molecule has 0 bridgehead atoms. The molecular weight excluding hydrogens is 312 g/mol. The number of carboxylic acid groups (broad SMARTS) is 1. The number of nitrogens with one attached hydrogen (secondary N) is 1. The Morgan fingerprint density at radius 2 is 2.33 bits per heavy atom. The van der Waals surface area contributed by atoms with E-state index in [1.54, 1.807) is 17.5 Å². The molecule has 0 aromatic carbocycles. The summed E-state index contributed by atoms with van der Waals surface area (Å²) in [4.78, 5) is 30.8. The number of aromatic amines is 1. The fourth-order valence-corrected chi connectivity index (χ4v) is 3.40. The summed E-state index contributed by atoms with van der Waals surface area (Å²) in [5, 5.41) is 10.9. The number of fused-ring (bicyclic) bond motifs is 1. The summed E-state index contributed by atoms with van der Waals surface area (Å²) in [6.07, 6.45) is 0. The van der Waals surface area contributed by atoms with Crippen LogP contribution >= 0.6 is 22.7 Å². The van der Waals surface area contributed by atoms with Crippen LogP contribution in [0.4, 0.5) is 0 Å². The van der Waals surface area contributed by atoms with Crippen molar-refractivity contribution in [3.8, 4) is 5.75 Å². The van der Waals surface area contributed by atoms with Gasteiger partial charge in [-0.3, -0.25) is 4.79 Å². The fourth-order valence-electron chi connectivity index (χ4n) is 1.88. The summed E-state index contributed by atoms with van der Waals surface area (Å²) in [7, 11) is 0. The monoisotopic (exact) mass is 322 g/mol. The summed E-state index contributed by atoms with van der Waals surface area (Å²) in [6.45, 7) is 1.82. The Morgan fingerprint density at radius 1 is 1.52 bits per heavy atom. The highest BCUT2D eigenvalue weighted by Crippen LogP contribution is 2.29. The van der Waals surface area contributed by atoms with Crippen molar-refractivity contribution in [2.24, 2.45) is 0 Å². The number of H-pyrrole nitrogens is 1. The van der Waals surface area contributed by atoms with Crippen LogP contribution in [0.1, 0.15) is 20.4 Å². The van der Waals surface area contributed by atoms with E-state index in [2.05, 4.69) is 9.97 Å². The quantitative estimate of drug-likeness (QED) is 0.770. The van der Waals surface area contributed by atoms with Crippen molar-refractivity contribution in [1.29, 1.82) is 0 Å². The van der Waals surface area contributed by atoms with Crippen LogP contribution < -0.4 is 10.3 Å². The molecule has 0 amide bonds. The van der Waals surface area contributed by atoms with Gasteiger partial charge in [0.15, 0.2) is 4.88 Å². The van der Waals surface area contributed by atoms with Gasteiger partial charge >= 0.3 is 5.97 Å². The number of thiophene rings is 2. The highest BCUT2D eigenvalue weighted by Gasteiger charge is 2.16. The summed E-state index contributed by atoms with van der Waals surface area (Å²) in [5.41, 5.74) is 0.399. The molecule has 0 aliphatic carbocycles. The van der Waals surface area contributed by atoms with Gasteiger partial charge < -0.3 is 14.8 Å². The molecule has 3 rings (SSSR count). The summed E-state index contributed by atoms with van der Waals surface area (Å²) >= 11 is 2.47. The van der Waals surface area contributed by atoms with Crippen LogP contribution in [0.5, 0.6) is 5.75 Å². The van der Waals surface area contributed by atoms with E-state index in [1.165, 1.54) is 11.3 Å². The average molecular weight is 322 g/mol. The summed E-state index contributed by atoms with van der Waals surface area (Å²) < 4.78 is 6.05. The zero-order chi connectivity index (χ0) is 15.0. The molecule has 0 radical (unpaired) electrons. The first kappa shape index (κ1) is 13.8. The highest BCUT2D eigenvalue weighted by atomic mass is 32.1. The minimum atomic E-state index is -1.03. The first-order chi connectivity index (χ1) is 10.0. The van der Waals surface area contributed by atoms with E-state index < -0.39 is 5.97 Å². The Kier molecular flexibility index (Phi) is 3.48. The summed E-state index contributed by atoms with van der Waals surface area (Å²) in [6, 6.07) is 3.42. The molecule has 2 N–H and O–H groups in total. The third-order valence-corrected chi connectivity index (χ3v) is 4.67. The van der Waals surface area contributed by atoms with Crippen LogP contribution in [0.15, 0.2) is 22.3 Å². The minimum absolute atomic E-state index is 0.0114. The van der Waals surface area contributed by atoms with E-state index in [-0.39, 0.29) is 22.8 Å². The second-order valence-corrected chi connectivity index (χ2v) is 6.46. The lowest BCUT2D eigenvalue weighted by molar-refractivity contribution is 0.0697. The van der Waals surface area contributed by atoms with Crippen LogP contribution in [-0.2, 0) is 6.61 Å². The van der Waals surface area contributed by atoms with Gasteiger partial charge in [0.05, 0.1) is 5.52 Å². The van der Waals surface area contributed by atoms with Crippen molar-refractivity contribution in [2.75, 3.05) is 0 Å². The maximum Gasteiger partial charge on any atom is 0.349 e. The van der Waals surface area contributed by atoms with Crippen LogP contribution in [0.2, 0.25) is 0 Å². The molecule has 0 fully saturated rings. The first-order valence-corrected chi connectivity index (χ1v) is 7.67. The van der Waals surface area contributed by atoms with Gasteiger partial charge in [-0.05, 0) is 24.4 Å². The molecule has 0 saturated carbocycles. The van der Waals surface area contributed by atoms with Gasteiger partial charge in [0, 0.05) is 4.88 Å². The Labute approximate surface area is 126 Å². The number of aromatic nitrogens is 2. The van der Waals surface area contributed by atoms with Crippen LogP contribution in [0.3, 0.4) is 0 Å². The fraction of sp³-hybridized carbons (Fsp3) is 0.154. The number of nitrogens with zero attached hydrogens (tertiary/aromatic N) is 1. The van der Waals surface area contributed by atoms with Crippen molar-refractivity contribution < 1.29 is 14.6 Å². The van der Waals surface area contributed by atoms with Crippen molar-refractivity contribution in [3.63, 3.8) is 0 Å². The molecule has 21 heavy (non-hydrogen) atoms. The first-order valence-electron chi connectivity index (χ1n) is 5.97. The molecule has 0 aliphatic rings. The zero-order valence-electron chi connectivity index (χ0n) is 10.9. The molecule has 0 unspecified atom stereocenters. The molecule has 0 spiro atoms. The molecule has 6 nitrogen and oxygen atoms in total. The Balaban J connectivity index is 1.86. The van der Waals surface area contributed by atoms with Gasteiger partial charge in [-0.15, -0.1) is 22.7 Å². The van der Waals surface area contributed by atoms with Gasteiger partial charge in [0.1, 0.15) is 22.9 Å². The third-order valence-electron chi connectivity index (χ3n) is 2.74. The van der Waals surface area contributed by atoms with Crippen molar-refractivity contribution >= 4 is 38.9 Å². The van der Waals surface area contributed by atoms with Gasteiger partial charge in [0.25, 0.3) is 5.56 Å². The Morgan fingerprint density at radius 3 is 3.10 bits per heavy atom. The second-order valence-electron chi connectivity index (χ2n) is 4.29. The molecule has 0 atom stereocenters. The SMILES string of the molecule is Cc1cc(OCc2nc3ccsc3c(=O)[nH]2)c(C(=O)O)s1. The van der Waals surface area contributed by atoms with Crippen molar-refractivity contribution in [1.82, 2.24) is 9.97 Å². The summed E-state index contributed by atoms with van der Waals surface area (Å²) in [5.74, 6) is -0.373. The van der Waals surface area contributed by atoms with E-state index in [4.69, 9.17) is 9.84 Å². The van der Waals surface area contributed by atoms with E-state index in [1.807, 2.05) is 6.92 Å². The predicted octanol–water partition coefficient (Wildman–Crippen LogP) is 2.63. The Bertz CT molecular complexity index is 878. The minimum Gasteiger partial charge on any atom is -0.484 e. The Hall–Kier alpha value is -2.19. The van der Waals surface area contributed by atoms with Crippen molar-refractivity contribution in [2.45, 2.75) is 13.5 Å². The molecule has 3 heterocycles. The zero-order valence-corrected chi connectivity index (χ0v) is 12.5. The molecule has 8 heteroatoms. The van der Waals surface area contributed by atoms with E-state index in [0.29, 0.717) is 16.0 Å². The number of hydrogen-bond acceptors (Lipinski definition) is 6. The highest BCUT2D eigenvalue weighted by molar-refractivity contribution is 7.17. The molecular formula is C13H10N2O4S2. The number of rotatable bonds is 4. The lowest BCUT2D eigenvalue weighted by atomic mass is 10.4. The third kappa shape index (κ3) is 2.67. The topological polar surface area (TPSA) is 92.3 Å². The lowest BCUT2D eigenvalue weighted by Crippen LogP contribution is -2.12. The molecule has 108 valence electrons. The van der Waals surface area contributed by atoms with E-state index in [0.717, 1.165) is 16.2 Å². The number of carbonyl (C=O) groups is 1. The normalized spacial score (nSPS) is 10.9. The molecule has 3 aromatic heterocycles. The number of aromatic carboxylic acids is 1. The number of hydrogen-bond donors (Lipinski definition) is 2.